The summed E-state index contributed by atoms with van der Waals surface area (Å²) in [7, 11) is 0. The topological polar surface area (TPSA) is 39.2 Å². The second kappa shape index (κ2) is 5.41. The highest BCUT2D eigenvalue weighted by Gasteiger charge is 2.15. The smallest absolute Gasteiger partial charge is 0.134 e. The van der Waals surface area contributed by atoms with Gasteiger partial charge in [-0.3, -0.25) is 0 Å². The van der Waals surface area contributed by atoms with Gasteiger partial charge in [0.2, 0.25) is 0 Å². The van der Waals surface area contributed by atoms with E-state index < -0.39 is 0 Å². The first-order valence-corrected chi connectivity index (χ1v) is 7.49. The van der Waals surface area contributed by atoms with Gasteiger partial charge in [0.25, 0.3) is 0 Å². The van der Waals surface area contributed by atoms with E-state index in [1.54, 1.807) is 12.1 Å². The van der Waals surface area contributed by atoms with E-state index in [2.05, 4.69) is 15.9 Å². The van der Waals surface area contributed by atoms with Gasteiger partial charge in [-0.2, -0.15) is 0 Å². The van der Waals surface area contributed by atoms with Crippen molar-refractivity contribution in [3.05, 3.63) is 68.3 Å². The van der Waals surface area contributed by atoms with Crippen LogP contribution in [-0.4, -0.2) is 0 Å². The summed E-state index contributed by atoms with van der Waals surface area (Å²) in [6, 6.07) is 12.7. The van der Waals surface area contributed by atoms with Crippen LogP contribution in [-0.2, 0) is 0 Å². The second-order valence-corrected chi connectivity index (χ2v) is 6.21. The Morgan fingerprint density at radius 1 is 1.00 bits per heavy atom. The number of halogens is 3. The van der Waals surface area contributed by atoms with Gasteiger partial charge in [-0.15, -0.1) is 0 Å². The molecule has 102 valence electrons. The van der Waals surface area contributed by atoms with Crippen LogP contribution in [0.1, 0.15) is 17.4 Å². The molecule has 3 aromatic rings. The van der Waals surface area contributed by atoms with Gasteiger partial charge in [-0.05, 0) is 42.0 Å². The van der Waals surface area contributed by atoms with Gasteiger partial charge < -0.3 is 10.2 Å². The zero-order chi connectivity index (χ0) is 14.3. The highest BCUT2D eigenvalue weighted by molar-refractivity contribution is 9.10. The molecule has 0 fully saturated rings. The van der Waals surface area contributed by atoms with Crippen LogP contribution in [0, 0.1) is 0 Å². The molecule has 0 aliphatic heterocycles. The van der Waals surface area contributed by atoms with Crippen LogP contribution < -0.4 is 5.73 Å². The molecule has 2 nitrogen and oxygen atoms in total. The first-order chi connectivity index (χ1) is 9.54. The van der Waals surface area contributed by atoms with Crippen LogP contribution in [0.5, 0.6) is 0 Å². The lowest BCUT2D eigenvalue weighted by atomic mass is 10.1. The fraction of sp³-hybridized carbons (Fsp3) is 0.0667. The molecular weight excluding hydrogens is 361 g/mol. The van der Waals surface area contributed by atoms with Crippen molar-refractivity contribution in [1.29, 1.82) is 0 Å². The lowest BCUT2D eigenvalue weighted by Crippen LogP contribution is -2.10. The third-order valence-corrected chi connectivity index (χ3v) is 4.34. The van der Waals surface area contributed by atoms with Crippen molar-refractivity contribution in [3.8, 4) is 0 Å². The molecule has 5 heteroatoms. The summed E-state index contributed by atoms with van der Waals surface area (Å²) in [5, 5.41) is 2.00. The van der Waals surface area contributed by atoms with Crippen molar-refractivity contribution >= 4 is 50.1 Å². The molecule has 0 bridgehead atoms. The van der Waals surface area contributed by atoms with Gasteiger partial charge in [-0.25, -0.2) is 0 Å². The number of hydrogen-bond acceptors (Lipinski definition) is 2. The molecule has 2 N–H and O–H groups in total. The number of fused-ring (bicyclic) bond motifs is 1. The van der Waals surface area contributed by atoms with Crippen molar-refractivity contribution in [2.24, 2.45) is 5.73 Å². The summed E-state index contributed by atoms with van der Waals surface area (Å²) >= 11 is 15.4. The monoisotopic (exact) mass is 369 g/mol. The molecule has 0 saturated carbocycles. The summed E-state index contributed by atoms with van der Waals surface area (Å²) in [6.07, 6.45) is 0. The maximum Gasteiger partial charge on any atom is 0.134 e. The van der Waals surface area contributed by atoms with E-state index in [0.717, 1.165) is 21.0 Å². The van der Waals surface area contributed by atoms with E-state index in [1.807, 2.05) is 30.3 Å². The Kier molecular flexibility index (Phi) is 3.78. The normalized spacial score (nSPS) is 12.8. The maximum absolute atomic E-state index is 6.23. The van der Waals surface area contributed by atoms with Crippen LogP contribution in [0.4, 0.5) is 0 Å². The van der Waals surface area contributed by atoms with E-state index in [0.29, 0.717) is 15.8 Å². The highest BCUT2D eigenvalue weighted by atomic mass is 79.9. The predicted octanol–water partition coefficient (Wildman–Crippen LogP) is 5.55. The van der Waals surface area contributed by atoms with E-state index >= 15 is 0 Å². The number of nitrogens with two attached hydrogens (primary N) is 1. The first kappa shape index (κ1) is 14.0. The zero-order valence-corrected chi connectivity index (χ0v) is 13.3. The van der Waals surface area contributed by atoms with Crippen LogP contribution in [0.15, 0.2) is 51.4 Å². The minimum atomic E-state index is -0.379. The Balaban J connectivity index is 2.02. The Labute approximate surface area is 134 Å². The fourth-order valence-electron chi connectivity index (χ4n) is 2.06. The third-order valence-electron chi connectivity index (χ3n) is 3.11. The molecule has 3 rings (SSSR count). The summed E-state index contributed by atoms with van der Waals surface area (Å²) in [6.45, 7) is 0. The third kappa shape index (κ3) is 2.59. The van der Waals surface area contributed by atoms with E-state index in [1.165, 1.54) is 0 Å². The lowest BCUT2D eigenvalue weighted by Gasteiger charge is -2.09. The second-order valence-electron chi connectivity index (χ2n) is 4.48. The summed E-state index contributed by atoms with van der Waals surface area (Å²) in [4.78, 5) is 0. The van der Waals surface area contributed by atoms with Crippen molar-refractivity contribution in [2.75, 3.05) is 0 Å². The molecule has 0 saturated heterocycles. The van der Waals surface area contributed by atoms with Crippen molar-refractivity contribution in [1.82, 2.24) is 0 Å². The summed E-state index contributed by atoms with van der Waals surface area (Å²) < 4.78 is 6.79. The molecule has 1 aromatic heterocycles. The Morgan fingerprint density at radius 3 is 2.55 bits per heavy atom. The van der Waals surface area contributed by atoms with Crippen molar-refractivity contribution < 1.29 is 4.42 Å². The zero-order valence-electron chi connectivity index (χ0n) is 10.2. The van der Waals surface area contributed by atoms with Gasteiger partial charge in [0.15, 0.2) is 0 Å². The average molecular weight is 371 g/mol. The molecule has 20 heavy (non-hydrogen) atoms. The number of hydrogen-bond donors (Lipinski definition) is 1. The Bertz CT molecular complexity index is 785. The summed E-state index contributed by atoms with van der Waals surface area (Å²) in [5.74, 6) is 0.691. The molecule has 0 radical (unpaired) electrons. The maximum atomic E-state index is 6.23. The van der Waals surface area contributed by atoms with E-state index in [4.69, 9.17) is 33.4 Å². The minimum absolute atomic E-state index is 0.379. The molecule has 1 unspecified atom stereocenters. The average Bonchev–Trinajstić information content (AvgIpc) is 2.84. The molecule has 0 aliphatic carbocycles. The highest BCUT2D eigenvalue weighted by Crippen LogP contribution is 2.31. The first-order valence-electron chi connectivity index (χ1n) is 5.94. The molecule has 0 amide bonds. The molecule has 1 heterocycles. The fourth-order valence-corrected chi connectivity index (χ4v) is 2.74. The standard InChI is InChI=1S/C15H10BrCl2NO/c16-10-2-4-13-9(5-10)7-14(20-13)15(19)8-1-3-11(17)12(18)6-8/h1-7,15H,19H2. The van der Waals surface area contributed by atoms with Gasteiger partial charge in [0.1, 0.15) is 11.3 Å². The van der Waals surface area contributed by atoms with Crippen LogP contribution in [0.25, 0.3) is 11.0 Å². The van der Waals surface area contributed by atoms with E-state index in [-0.39, 0.29) is 6.04 Å². The predicted molar refractivity (Wildman–Crippen MR) is 86.4 cm³/mol. The molecule has 2 aromatic carbocycles. The van der Waals surface area contributed by atoms with Gasteiger partial charge in [0.05, 0.1) is 16.1 Å². The quantitative estimate of drug-likeness (QED) is 0.642. The number of benzene rings is 2. The number of rotatable bonds is 2. The Morgan fingerprint density at radius 2 is 1.80 bits per heavy atom. The molecule has 0 aliphatic rings. The van der Waals surface area contributed by atoms with E-state index in [9.17, 15) is 0 Å². The van der Waals surface area contributed by atoms with Crippen molar-refractivity contribution in [2.45, 2.75) is 6.04 Å². The SMILES string of the molecule is NC(c1ccc(Cl)c(Cl)c1)c1cc2cc(Br)ccc2o1. The molecule has 0 spiro atoms. The van der Waals surface area contributed by atoms with Gasteiger partial charge >= 0.3 is 0 Å². The lowest BCUT2D eigenvalue weighted by molar-refractivity contribution is 0.525. The largest absolute Gasteiger partial charge is 0.459 e. The minimum Gasteiger partial charge on any atom is -0.459 e. The Hall–Kier alpha value is -1.00. The van der Waals surface area contributed by atoms with Crippen LogP contribution >= 0.6 is 39.1 Å². The molecular formula is C15H10BrCl2NO. The summed E-state index contributed by atoms with van der Waals surface area (Å²) in [5.41, 5.74) is 7.89. The van der Waals surface area contributed by atoms with Crippen molar-refractivity contribution in [3.63, 3.8) is 0 Å². The number of furan rings is 1. The van der Waals surface area contributed by atoms with Gasteiger partial charge in [-0.1, -0.05) is 45.2 Å². The van der Waals surface area contributed by atoms with Crippen LogP contribution in [0.2, 0.25) is 10.0 Å². The van der Waals surface area contributed by atoms with Gasteiger partial charge in [0, 0.05) is 9.86 Å². The van der Waals surface area contributed by atoms with Crippen LogP contribution in [0.3, 0.4) is 0 Å². The molecule has 1 atom stereocenters.